The van der Waals surface area contributed by atoms with Crippen molar-refractivity contribution in [2.75, 3.05) is 13.7 Å². The first-order valence-electron chi connectivity index (χ1n) is 12.0. The molecular weight excluding hydrogens is 485 g/mol. The maximum Gasteiger partial charge on any atom is 0.419 e. The Morgan fingerprint density at radius 3 is 2.65 bits per heavy atom. The largest absolute Gasteiger partial charge is 0.496 e. The molecule has 0 radical (unpaired) electrons. The van der Waals surface area contributed by atoms with Gasteiger partial charge in [0.1, 0.15) is 5.75 Å². The van der Waals surface area contributed by atoms with Crippen LogP contribution in [-0.2, 0) is 12.7 Å². The summed E-state index contributed by atoms with van der Waals surface area (Å²) in [6.45, 7) is 3.19. The number of likely N-dealkylation sites (tertiary alicyclic amines) is 1. The number of methoxy groups -OCH3 is 1. The number of aromatic nitrogens is 3. The van der Waals surface area contributed by atoms with E-state index in [1.807, 2.05) is 25.3 Å². The van der Waals surface area contributed by atoms with Gasteiger partial charge in [0.25, 0.3) is 0 Å². The minimum absolute atomic E-state index is 0.167. The van der Waals surface area contributed by atoms with Gasteiger partial charge in [-0.15, -0.1) is 0 Å². The van der Waals surface area contributed by atoms with Gasteiger partial charge in [-0.2, -0.15) is 18.3 Å². The molecule has 0 aliphatic carbocycles. The molecule has 1 aliphatic rings. The van der Waals surface area contributed by atoms with E-state index in [0.717, 1.165) is 45.7 Å². The summed E-state index contributed by atoms with van der Waals surface area (Å²) in [5.74, 6) is -0.242. The van der Waals surface area contributed by atoms with Crippen molar-refractivity contribution in [3.63, 3.8) is 0 Å². The van der Waals surface area contributed by atoms with Gasteiger partial charge in [-0.05, 0) is 55.2 Å². The van der Waals surface area contributed by atoms with E-state index < -0.39 is 17.7 Å². The van der Waals surface area contributed by atoms with Gasteiger partial charge in [-0.1, -0.05) is 12.1 Å². The van der Waals surface area contributed by atoms with Gasteiger partial charge >= 0.3 is 12.1 Å². The van der Waals surface area contributed by atoms with Crippen molar-refractivity contribution in [3.8, 4) is 5.75 Å². The van der Waals surface area contributed by atoms with Crippen molar-refractivity contribution in [3.05, 3.63) is 82.8 Å². The van der Waals surface area contributed by atoms with Crippen LogP contribution in [0.2, 0.25) is 0 Å². The number of alkyl halides is 3. The number of aryl methyl sites for hydroxylation is 1. The molecule has 4 aromatic rings. The number of fused-ring (bicyclic) bond motifs is 1. The van der Waals surface area contributed by atoms with Crippen LogP contribution in [0.25, 0.3) is 10.9 Å². The average Bonchev–Trinajstić information content (AvgIpc) is 3.56. The van der Waals surface area contributed by atoms with Crippen molar-refractivity contribution >= 4 is 16.9 Å². The molecule has 0 unspecified atom stereocenters. The monoisotopic (exact) mass is 512 g/mol. The molecule has 2 aromatic heterocycles. The van der Waals surface area contributed by atoms with E-state index >= 15 is 0 Å². The van der Waals surface area contributed by atoms with Gasteiger partial charge in [-0.25, -0.2) is 4.79 Å². The topological polar surface area (TPSA) is 83.4 Å². The highest BCUT2D eigenvalue weighted by Gasteiger charge is 2.35. The lowest BCUT2D eigenvalue weighted by Gasteiger charge is -2.40. The number of nitrogens with one attached hydrogen (secondary N) is 1. The third kappa shape index (κ3) is 4.81. The van der Waals surface area contributed by atoms with Gasteiger partial charge in [-0.3, -0.25) is 9.58 Å². The van der Waals surface area contributed by atoms with Crippen LogP contribution in [0.4, 0.5) is 13.2 Å². The molecule has 194 valence electrons. The summed E-state index contributed by atoms with van der Waals surface area (Å²) in [5, 5.41) is 14.4. The molecule has 3 heterocycles. The maximum absolute atomic E-state index is 13.2. The zero-order chi connectivity index (χ0) is 26.3. The SMILES string of the molecule is COc1cc(C)c2[nH]ccc2c1CN1CC[C@H](n2cc(C(F)(F)F)cn2)C[C@H]1c1ccc(C(=O)O)cc1. The van der Waals surface area contributed by atoms with Crippen LogP contribution >= 0.6 is 0 Å². The first-order valence-corrected chi connectivity index (χ1v) is 12.0. The molecule has 0 bridgehead atoms. The van der Waals surface area contributed by atoms with Crippen LogP contribution in [0.5, 0.6) is 5.75 Å². The smallest absolute Gasteiger partial charge is 0.419 e. The van der Waals surface area contributed by atoms with Crippen LogP contribution in [-0.4, -0.2) is 44.4 Å². The summed E-state index contributed by atoms with van der Waals surface area (Å²) < 4.78 is 46.7. The predicted octanol–water partition coefficient (Wildman–Crippen LogP) is 5.98. The second-order valence-corrected chi connectivity index (χ2v) is 9.44. The third-order valence-electron chi connectivity index (χ3n) is 7.22. The molecular formula is C27H27F3N4O3. The number of aromatic carboxylic acids is 1. The van der Waals surface area contributed by atoms with E-state index in [1.165, 1.54) is 4.68 Å². The van der Waals surface area contributed by atoms with Crippen molar-refractivity contribution in [2.24, 2.45) is 0 Å². The number of rotatable bonds is 6. The summed E-state index contributed by atoms with van der Waals surface area (Å²) >= 11 is 0. The fourth-order valence-corrected chi connectivity index (χ4v) is 5.29. The molecule has 0 amide bonds. The standard InChI is InChI=1S/C27H27F3N4O3/c1-16-11-24(37-2)22(21-7-9-31-25(16)21)15-33-10-8-20(34-14-19(13-32-34)27(28,29)30)12-23(33)17-3-5-18(6-4-17)26(35)36/h3-7,9,11,13-14,20,23,31H,8,10,12,15H2,1-2H3,(H,35,36)/t20-,23-/m0/s1. The van der Waals surface area contributed by atoms with Gasteiger partial charge in [0, 0.05) is 48.0 Å². The van der Waals surface area contributed by atoms with Gasteiger partial charge < -0.3 is 14.8 Å². The first-order chi connectivity index (χ1) is 17.7. The van der Waals surface area contributed by atoms with Gasteiger partial charge in [0.2, 0.25) is 0 Å². The summed E-state index contributed by atoms with van der Waals surface area (Å²) in [6.07, 6.45) is 0.517. The Morgan fingerprint density at radius 1 is 1.24 bits per heavy atom. The van der Waals surface area contributed by atoms with Crippen molar-refractivity contribution in [2.45, 2.75) is 44.6 Å². The van der Waals surface area contributed by atoms with Crippen LogP contribution in [0.15, 0.2) is 55.0 Å². The molecule has 2 atom stereocenters. The van der Waals surface area contributed by atoms with E-state index in [0.29, 0.717) is 25.9 Å². The fourth-order valence-electron chi connectivity index (χ4n) is 5.29. The zero-order valence-corrected chi connectivity index (χ0v) is 20.4. The summed E-state index contributed by atoms with van der Waals surface area (Å²) in [4.78, 5) is 16.9. The Morgan fingerprint density at radius 2 is 2.00 bits per heavy atom. The van der Waals surface area contributed by atoms with E-state index in [4.69, 9.17) is 4.74 Å². The Balaban J connectivity index is 1.50. The highest BCUT2D eigenvalue weighted by molar-refractivity contribution is 5.88. The number of H-pyrrole nitrogens is 1. The maximum atomic E-state index is 13.2. The zero-order valence-electron chi connectivity index (χ0n) is 20.4. The normalized spacial score (nSPS) is 18.8. The molecule has 2 N–H and O–H groups in total. The average molecular weight is 513 g/mol. The molecule has 10 heteroatoms. The Hall–Kier alpha value is -3.79. The van der Waals surface area contributed by atoms with E-state index in [2.05, 4.69) is 15.0 Å². The van der Waals surface area contributed by atoms with Crippen molar-refractivity contribution in [1.82, 2.24) is 19.7 Å². The van der Waals surface area contributed by atoms with Crippen LogP contribution < -0.4 is 4.74 Å². The quantitative estimate of drug-likeness (QED) is 0.332. The molecule has 5 rings (SSSR count). The van der Waals surface area contributed by atoms with E-state index in [1.54, 1.807) is 31.4 Å². The van der Waals surface area contributed by atoms with Crippen molar-refractivity contribution < 1.29 is 27.8 Å². The minimum atomic E-state index is -4.45. The Labute approximate surface area is 211 Å². The summed E-state index contributed by atoms with van der Waals surface area (Å²) in [7, 11) is 1.64. The molecule has 1 fully saturated rings. The summed E-state index contributed by atoms with van der Waals surface area (Å²) in [5.41, 5.74) is 3.43. The molecule has 1 aliphatic heterocycles. The number of nitrogens with zero attached hydrogens (tertiary/aromatic N) is 3. The Kier molecular flexibility index (Phi) is 6.45. The van der Waals surface area contributed by atoms with Crippen molar-refractivity contribution in [1.29, 1.82) is 0 Å². The number of hydrogen-bond donors (Lipinski definition) is 2. The highest BCUT2D eigenvalue weighted by atomic mass is 19.4. The lowest BCUT2D eigenvalue weighted by atomic mass is 9.90. The number of carbonyl (C=O) groups is 1. The minimum Gasteiger partial charge on any atom is -0.496 e. The molecule has 7 nitrogen and oxygen atoms in total. The summed E-state index contributed by atoms with van der Waals surface area (Å²) in [6, 6.07) is 10.3. The molecule has 1 saturated heterocycles. The Bertz CT molecular complexity index is 1430. The van der Waals surface area contributed by atoms with Crippen LogP contribution in [0, 0.1) is 6.92 Å². The molecule has 2 aromatic carbocycles. The number of halogens is 3. The number of carboxylic acid groups (broad SMARTS) is 1. The number of piperidine rings is 1. The third-order valence-corrected chi connectivity index (χ3v) is 7.22. The number of aromatic amines is 1. The first kappa shape index (κ1) is 24.9. The number of ether oxygens (including phenoxy) is 1. The lowest BCUT2D eigenvalue weighted by molar-refractivity contribution is -0.137. The van der Waals surface area contributed by atoms with Crippen LogP contribution in [0.1, 0.15) is 57.5 Å². The number of benzene rings is 2. The van der Waals surface area contributed by atoms with Gasteiger partial charge in [0.15, 0.2) is 0 Å². The molecule has 0 saturated carbocycles. The molecule has 0 spiro atoms. The number of hydrogen-bond acceptors (Lipinski definition) is 4. The van der Waals surface area contributed by atoms with Crippen LogP contribution in [0.3, 0.4) is 0 Å². The fraction of sp³-hybridized carbons (Fsp3) is 0.333. The highest BCUT2D eigenvalue weighted by Crippen LogP contribution is 2.41. The lowest BCUT2D eigenvalue weighted by Crippen LogP contribution is -2.37. The van der Waals surface area contributed by atoms with E-state index in [9.17, 15) is 23.1 Å². The molecule has 37 heavy (non-hydrogen) atoms. The number of carboxylic acids is 1. The predicted molar refractivity (Wildman–Crippen MR) is 132 cm³/mol. The van der Waals surface area contributed by atoms with Gasteiger partial charge in [0.05, 0.1) is 30.5 Å². The second-order valence-electron chi connectivity index (χ2n) is 9.44. The van der Waals surface area contributed by atoms with E-state index in [-0.39, 0.29) is 17.6 Å². The second kappa shape index (κ2) is 9.59.